The van der Waals surface area contributed by atoms with Gasteiger partial charge in [0.05, 0.1) is 0 Å². The summed E-state index contributed by atoms with van der Waals surface area (Å²) in [5, 5.41) is 0. The van der Waals surface area contributed by atoms with Gasteiger partial charge in [-0.05, 0) is 62.1 Å². The summed E-state index contributed by atoms with van der Waals surface area (Å²) in [5.41, 5.74) is 7.49. The first kappa shape index (κ1) is 37.1. The van der Waals surface area contributed by atoms with Crippen molar-refractivity contribution in [3.05, 3.63) is 122 Å². The Kier molecular flexibility index (Phi) is 17.2. The molecule has 46 heavy (non-hydrogen) atoms. The Morgan fingerprint density at radius 2 is 0.870 bits per heavy atom. The number of nitrogens with one attached hydrogen (secondary N) is 2. The van der Waals surface area contributed by atoms with Gasteiger partial charge in [-0.15, -0.1) is 11.4 Å². The van der Waals surface area contributed by atoms with Gasteiger partial charge in [0.2, 0.25) is 0 Å². The second-order valence-electron chi connectivity index (χ2n) is 10.1. The predicted molar refractivity (Wildman–Crippen MR) is 170 cm³/mol. The van der Waals surface area contributed by atoms with Crippen molar-refractivity contribution in [2.75, 3.05) is 26.4 Å². The number of aromatic nitrogens is 6. The van der Waals surface area contributed by atoms with Crippen LogP contribution in [0.5, 0.6) is 0 Å². The number of pyridine rings is 4. The van der Waals surface area contributed by atoms with Gasteiger partial charge in [0, 0.05) is 74.5 Å². The molecule has 2 aliphatic rings. The van der Waals surface area contributed by atoms with Crippen molar-refractivity contribution in [2.24, 2.45) is 0 Å². The van der Waals surface area contributed by atoms with Gasteiger partial charge >= 0.3 is 46.6 Å². The molecule has 2 saturated heterocycles. The van der Waals surface area contributed by atoms with Crippen molar-refractivity contribution in [3.8, 4) is 45.6 Å². The van der Waals surface area contributed by atoms with Gasteiger partial charge in [0.1, 0.15) is 0 Å². The van der Waals surface area contributed by atoms with Crippen LogP contribution in [0.1, 0.15) is 25.7 Å². The molecule has 2 fully saturated rings. The van der Waals surface area contributed by atoms with E-state index in [-0.39, 0.29) is 46.6 Å². The van der Waals surface area contributed by atoms with E-state index in [2.05, 4.69) is 29.9 Å². The van der Waals surface area contributed by atoms with Crippen LogP contribution < -0.4 is 49.5 Å². The number of nitrogens with zero attached hydrogens (tertiary/aromatic N) is 4. The molecule has 0 radical (unpaired) electrons. The average Bonchev–Trinajstić information content (AvgIpc) is 3.96. The van der Waals surface area contributed by atoms with E-state index in [9.17, 15) is 0 Å². The van der Waals surface area contributed by atoms with Crippen molar-refractivity contribution < 1.29 is 66.1 Å². The molecule has 0 bridgehead atoms. The van der Waals surface area contributed by atoms with Crippen molar-refractivity contribution in [1.29, 1.82) is 0 Å². The molecular formula is C36H38CuN6NaO2+2. The normalized spacial score (nSPS) is 12.9. The summed E-state index contributed by atoms with van der Waals surface area (Å²) in [7, 11) is 0. The summed E-state index contributed by atoms with van der Waals surface area (Å²) in [6.07, 6.45) is 12.4. The van der Waals surface area contributed by atoms with E-state index in [4.69, 9.17) is 9.47 Å². The topological polar surface area (TPSA) is 101 Å². The second-order valence-corrected chi connectivity index (χ2v) is 10.1. The average molecular weight is 673 g/mol. The van der Waals surface area contributed by atoms with Crippen molar-refractivity contribution >= 4 is 0 Å². The van der Waals surface area contributed by atoms with Crippen LogP contribution in [-0.4, -0.2) is 36.4 Å². The van der Waals surface area contributed by atoms with Gasteiger partial charge in [0.25, 0.3) is 0 Å². The second kappa shape index (κ2) is 21.4. The smallest absolute Gasteiger partial charge is 0.651 e. The zero-order valence-electron chi connectivity index (χ0n) is 26.1. The van der Waals surface area contributed by atoms with Crippen molar-refractivity contribution in [1.82, 2.24) is 19.9 Å². The molecule has 6 aromatic rings. The van der Waals surface area contributed by atoms with Crippen LogP contribution in [0.3, 0.4) is 0 Å². The number of rotatable bonds is 4. The number of ether oxygens (including phenoxy) is 2. The molecule has 8 nitrogen and oxygen atoms in total. The SMILES string of the molecule is C1CCOC1.C1CCOC1.[Cu+].[Na+].c1ccc(-c2ccc(-c3cccc[nH+]3)[n-]2)nc1.c1ccc(-c2ccc(-c3cccc[nH+]3)[n-]2)nc1. The largest absolute Gasteiger partial charge is 1.00 e. The monoisotopic (exact) mass is 672 g/mol. The molecule has 0 spiro atoms. The molecule has 10 heteroatoms. The number of hydrogen-bond acceptors (Lipinski definition) is 4. The Hall–Kier alpha value is -3.40. The van der Waals surface area contributed by atoms with Crippen LogP contribution in [0.15, 0.2) is 122 Å². The molecule has 8 rings (SSSR count). The Morgan fingerprint density at radius 1 is 0.478 bits per heavy atom. The van der Waals surface area contributed by atoms with E-state index in [0.29, 0.717) is 0 Å². The molecule has 0 aromatic carbocycles. The molecule has 2 aliphatic heterocycles. The fourth-order valence-electron chi connectivity index (χ4n) is 4.46. The first-order valence-electron chi connectivity index (χ1n) is 15.1. The molecular weight excluding hydrogens is 635 g/mol. The minimum atomic E-state index is 0. The third-order valence-electron chi connectivity index (χ3n) is 6.76. The zero-order valence-corrected chi connectivity index (χ0v) is 29.1. The van der Waals surface area contributed by atoms with Crippen LogP contribution in [0, 0.1) is 0 Å². The van der Waals surface area contributed by atoms with Crippen LogP contribution in [0.2, 0.25) is 0 Å². The maximum Gasteiger partial charge on any atom is 1.00 e. The van der Waals surface area contributed by atoms with Crippen molar-refractivity contribution in [3.63, 3.8) is 0 Å². The minimum absolute atomic E-state index is 0. The molecule has 2 N–H and O–H groups in total. The number of hydrogen-bond donors (Lipinski definition) is 0. The van der Waals surface area contributed by atoms with E-state index >= 15 is 0 Å². The quantitative estimate of drug-likeness (QED) is 0.267. The third-order valence-corrected chi connectivity index (χ3v) is 6.76. The molecule has 6 aromatic heterocycles. The van der Waals surface area contributed by atoms with Crippen LogP contribution >= 0.6 is 0 Å². The van der Waals surface area contributed by atoms with E-state index in [1.165, 1.54) is 25.7 Å². The third kappa shape index (κ3) is 12.1. The van der Waals surface area contributed by atoms with Crippen molar-refractivity contribution in [2.45, 2.75) is 25.7 Å². The summed E-state index contributed by atoms with van der Waals surface area (Å²) in [6.45, 7) is 4.00. The standard InChI is InChI=1S/2C14H10N3.2C4H8O.Cu.Na/c2*1-3-9-15-11(5-1)13-7-8-14(17-13)12-6-2-4-10-16-12;2*1-2-4-5-3-1;;/h2*1-10H;2*1-4H2;;/q2*-1;;;2*+1/p+2. The van der Waals surface area contributed by atoms with Gasteiger partial charge in [-0.25, -0.2) is 9.97 Å². The van der Waals surface area contributed by atoms with Crippen LogP contribution in [0.25, 0.3) is 45.6 Å². The van der Waals surface area contributed by atoms with Crippen LogP contribution in [-0.2, 0) is 26.5 Å². The maximum atomic E-state index is 4.94. The van der Waals surface area contributed by atoms with E-state index < -0.39 is 0 Å². The number of aromatic amines is 2. The summed E-state index contributed by atoms with van der Waals surface area (Å²) < 4.78 is 9.89. The molecule has 234 valence electrons. The van der Waals surface area contributed by atoms with E-state index in [1.54, 1.807) is 12.4 Å². The summed E-state index contributed by atoms with van der Waals surface area (Å²) in [4.78, 5) is 24.0. The van der Waals surface area contributed by atoms with E-state index in [0.717, 1.165) is 72.0 Å². The fraction of sp³-hybridized carbons (Fsp3) is 0.222. The molecule has 0 amide bonds. The fourth-order valence-corrected chi connectivity index (χ4v) is 4.46. The van der Waals surface area contributed by atoms with Gasteiger partial charge in [0.15, 0.2) is 23.8 Å². The van der Waals surface area contributed by atoms with Crippen LogP contribution in [0.4, 0.5) is 0 Å². The van der Waals surface area contributed by atoms with Gasteiger partial charge in [-0.2, -0.15) is 0 Å². The Labute approximate surface area is 303 Å². The molecule has 0 aliphatic carbocycles. The molecule has 0 unspecified atom stereocenters. The predicted octanol–water partition coefficient (Wildman–Crippen LogP) is 2.97. The summed E-state index contributed by atoms with van der Waals surface area (Å²) >= 11 is 0. The Balaban J connectivity index is 0.000000187. The first-order valence-corrected chi connectivity index (χ1v) is 15.1. The Morgan fingerprint density at radius 3 is 1.17 bits per heavy atom. The Bertz CT molecular complexity index is 1370. The first-order chi connectivity index (χ1) is 21.9. The minimum Gasteiger partial charge on any atom is -0.651 e. The number of H-pyrrole nitrogens is 2. The maximum absolute atomic E-state index is 4.94. The summed E-state index contributed by atoms with van der Waals surface area (Å²) in [6, 6.07) is 31.5. The zero-order chi connectivity index (χ0) is 30.1. The van der Waals surface area contributed by atoms with Gasteiger partial charge in [-0.1, -0.05) is 47.8 Å². The molecule has 0 atom stereocenters. The van der Waals surface area contributed by atoms with E-state index in [1.807, 2.05) is 109 Å². The molecule has 8 heterocycles. The van der Waals surface area contributed by atoms with Gasteiger partial charge in [-0.3, -0.25) is 9.97 Å². The van der Waals surface area contributed by atoms with Gasteiger partial charge < -0.3 is 19.4 Å². The summed E-state index contributed by atoms with van der Waals surface area (Å²) in [5.74, 6) is 0. The molecule has 0 saturated carbocycles.